The van der Waals surface area contributed by atoms with Crippen LogP contribution in [0.25, 0.3) is 0 Å². The molecule has 0 atom stereocenters. The quantitative estimate of drug-likeness (QED) is 0.628. The van der Waals surface area contributed by atoms with Gasteiger partial charge in [0.1, 0.15) is 0 Å². The van der Waals surface area contributed by atoms with Crippen LogP contribution in [0.15, 0.2) is 17.3 Å². The Kier molecular flexibility index (Phi) is 6.33. The van der Waals surface area contributed by atoms with Gasteiger partial charge in [-0.2, -0.15) is 0 Å². The first-order valence-electron chi connectivity index (χ1n) is 7.91. The highest BCUT2D eigenvalue weighted by Gasteiger charge is 2.32. The van der Waals surface area contributed by atoms with Gasteiger partial charge in [0.2, 0.25) is 0 Å². The highest BCUT2D eigenvalue weighted by Crippen LogP contribution is 2.29. The molecule has 0 saturated carbocycles. The Labute approximate surface area is 143 Å². The van der Waals surface area contributed by atoms with Crippen LogP contribution in [0.4, 0.5) is 0 Å². The van der Waals surface area contributed by atoms with E-state index in [1.54, 1.807) is 7.05 Å². The number of hydrogen-bond donors (Lipinski definition) is 2. The number of halogens is 1. The third-order valence-corrected chi connectivity index (χ3v) is 4.76. The number of rotatable bonds is 5. The summed E-state index contributed by atoms with van der Waals surface area (Å²) < 4.78 is 7.42. The maximum Gasteiger partial charge on any atom is 0.193 e. The van der Waals surface area contributed by atoms with Crippen molar-refractivity contribution in [2.75, 3.05) is 40.5 Å². The topological polar surface area (TPSA) is 62.0 Å². The average Bonchev–Trinajstić information content (AvgIpc) is 2.86. The zero-order chi connectivity index (χ0) is 16.9. The van der Waals surface area contributed by atoms with Crippen LogP contribution in [-0.4, -0.2) is 61.0 Å². The summed E-state index contributed by atoms with van der Waals surface area (Å²) in [6.07, 6.45) is 3.62. The number of aromatic nitrogens is 1. The van der Waals surface area contributed by atoms with Gasteiger partial charge in [-0.05, 0) is 18.9 Å². The lowest BCUT2D eigenvalue weighted by atomic mass is 9.81. The van der Waals surface area contributed by atoms with Gasteiger partial charge in [-0.1, -0.05) is 11.6 Å². The van der Waals surface area contributed by atoms with Gasteiger partial charge < -0.3 is 24.6 Å². The molecule has 0 aliphatic carbocycles. The standard InChI is InChI=1S/C16H27ClN4O2/c1-18-15(19-11-16(12-22)4-6-23-7-5-16)21(3)10-14-8-13(17)9-20(14)2/h8-9,22H,4-7,10-12H2,1-3H3,(H,18,19). The lowest BCUT2D eigenvalue weighted by Crippen LogP contribution is -2.47. The number of hydrogen-bond acceptors (Lipinski definition) is 3. The average molecular weight is 343 g/mol. The lowest BCUT2D eigenvalue weighted by Gasteiger charge is -2.36. The third kappa shape index (κ3) is 4.62. The molecule has 2 N–H and O–H groups in total. The van der Waals surface area contributed by atoms with Crippen LogP contribution in [0, 0.1) is 5.41 Å². The van der Waals surface area contributed by atoms with Gasteiger partial charge in [-0.15, -0.1) is 0 Å². The first-order valence-corrected chi connectivity index (χ1v) is 8.28. The van der Waals surface area contributed by atoms with E-state index >= 15 is 0 Å². The Balaban J connectivity index is 1.95. The van der Waals surface area contributed by atoms with E-state index in [0.29, 0.717) is 26.3 Å². The van der Waals surface area contributed by atoms with Gasteiger partial charge in [-0.25, -0.2) is 0 Å². The minimum Gasteiger partial charge on any atom is -0.396 e. The van der Waals surface area contributed by atoms with Crippen LogP contribution in [0.3, 0.4) is 0 Å². The minimum atomic E-state index is -0.122. The molecule has 0 unspecified atom stereocenters. The first kappa shape index (κ1) is 18.1. The Bertz CT molecular complexity index is 538. The highest BCUT2D eigenvalue weighted by atomic mass is 35.5. The summed E-state index contributed by atoms with van der Waals surface area (Å²) in [5, 5.41) is 13.9. The Morgan fingerprint density at radius 1 is 1.52 bits per heavy atom. The maximum atomic E-state index is 9.77. The van der Waals surface area contributed by atoms with Crippen LogP contribution >= 0.6 is 11.6 Å². The van der Waals surface area contributed by atoms with Crippen molar-refractivity contribution in [1.82, 2.24) is 14.8 Å². The van der Waals surface area contributed by atoms with Crippen molar-refractivity contribution >= 4 is 17.6 Å². The van der Waals surface area contributed by atoms with E-state index in [1.807, 2.05) is 30.9 Å². The summed E-state index contributed by atoms with van der Waals surface area (Å²) in [5.74, 6) is 0.807. The maximum absolute atomic E-state index is 9.77. The largest absolute Gasteiger partial charge is 0.396 e. The molecule has 6 nitrogen and oxygen atoms in total. The van der Waals surface area contributed by atoms with E-state index in [2.05, 4.69) is 15.2 Å². The van der Waals surface area contributed by atoms with E-state index < -0.39 is 0 Å². The predicted octanol–water partition coefficient (Wildman–Crippen LogP) is 1.47. The molecule has 23 heavy (non-hydrogen) atoms. The second kappa shape index (κ2) is 8.04. The zero-order valence-corrected chi connectivity index (χ0v) is 14.9. The molecule has 2 heterocycles. The summed E-state index contributed by atoms with van der Waals surface area (Å²) in [4.78, 5) is 6.40. The molecular weight excluding hydrogens is 316 g/mol. The third-order valence-electron chi connectivity index (χ3n) is 4.56. The summed E-state index contributed by atoms with van der Waals surface area (Å²) in [7, 11) is 5.74. The van der Waals surface area contributed by atoms with Crippen LogP contribution in [0.2, 0.25) is 5.02 Å². The normalized spacial score (nSPS) is 18.0. The second-order valence-corrected chi connectivity index (χ2v) is 6.72. The predicted molar refractivity (Wildman–Crippen MR) is 92.8 cm³/mol. The molecular formula is C16H27ClN4O2. The molecule has 1 aromatic rings. The van der Waals surface area contributed by atoms with Gasteiger partial charge in [-0.3, -0.25) is 4.99 Å². The molecule has 0 amide bonds. The monoisotopic (exact) mass is 342 g/mol. The van der Waals surface area contributed by atoms with Crippen LogP contribution in [0.1, 0.15) is 18.5 Å². The lowest BCUT2D eigenvalue weighted by molar-refractivity contribution is -0.0134. The van der Waals surface area contributed by atoms with Gasteiger partial charge in [0.15, 0.2) is 5.96 Å². The molecule has 2 rings (SSSR count). The van der Waals surface area contributed by atoms with Crippen molar-refractivity contribution in [2.45, 2.75) is 19.4 Å². The molecule has 0 spiro atoms. The summed E-state index contributed by atoms with van der Waals surface area (Å²) in [6, 6.07) is 1.96. The molecule has 1 aliphatic rings. The summed E-state index contributed by atoms with van der Waals surface area (Å²) >= 11 is 6.04. The smallest absolute Gasteiger partial charge is 0.193 e. The van der Waals surface area contributed by atoms with E-state index in [1.165, 1.54) is 0 Å². The van der Waals surface area contributed by atoms with Crippen molar-refractivity contribution in [3.63, 3.8) is 0 Å². The van der Waals surface area contributed by atoms with Gasteiger partial charge in [0.25, 0.3) is 0 Å². The van der Waals surface area contributed by atoms with Gasteiger partial charge >= 0.3 is 0 Å². The van der Waals surface area contributed by atoms with Crippen molar-refractivity contribution < 1.29 is 9.84 Å². The van der Waals surface area contributed by atoms with Gasteiger partial charge in [0, 0.05) is 58.2 Å². The van der Waals surface area contributed by atoms with Crippen molar-refractivity contribution in [3.8, 4) is 0 Å². The number of aliphatic hydroxyl groups excluding tert-OH is 1. The summed E-state index contributed by atoms with van der Waals surface area (Å²) in [5.41, 5.74) is 0.993. The molecule has 130 valence electrons. The van der Waals surface area contributed by atoms with Gasteiger partial charge in [0.05, 0.1) is 18.2 Å². The molecule has 1 fully saturated rings. The SMILES string of the molecule is CN=C(NCC1(CO)CCOCC1)N(C)Cc1cc(Cl)cn1C. The molecule has 0 aromatic carbocycles. The van der Waals surface area contributed by atoms with Crippen molar-refractivity contribution in [3.05, 3.63) is 23.0 Å². The van der Waals surface area contributed by atoms with Crippen LogP contribution in [0.5, 0.6) is 0 Å². The molecule has 1 aliphatic heterocycles. The highest BCUT2D eigenvalue weighted by molar-refractivity contribution is 6.30. The van der Waals surface area contributed by atoms with E-state index in [9.17, 15) is 5.11 Å². The fourth-order valence-corrected chi connectivity index (χ4v) is 3.16. The fraction of sp³-hybridized carbons (Fsp3) is 0.688. The first-order chi connectivity index (χ1) is 11.0. The van der Waals surface area contributed by atoms with E-state index in [0.717, 1.165) is 29.5 Å². The number of ether oxygens (including phenoxy) is 1. The number of aliphatic imine (C=N–C) groups is 1. The van der Waals surface area contributed by atoms with Crippen LogP contribution < -0.4 is 5.32 Å². The number of aliphatic hydroxyl groups is 1. The van der Waals surface area contributed by atoms with E-state index in [-0.39, 0.29) is 12.0 Å². The minimum absolute atomic E-state index is 0.122. The second-order valence-electron chi connectivity index (χ2n) is 6.29. The van der Waals surface area contributed by atoms with Crippen molar-refractivity contribution in [2.24, 2.45) is 17.5 Å². The Morgan fingerprint density at radius 2 is 2.22 bits per heavy atom. The molecule has 0 radical (unpaired) electrons. The number of nitrogens with one attached hydrogen (secondary N) is 1. The molecule has 0 bridgehead atoms. The Hall–Kier alpha value is -1.24. The Morgan fingerprint density at radius 3 is 2.74 bits per heavy atom. The van der Waals surface area contributed by atoms with E-state index in [4.69, 9.17) is 16.3 Å². The number of guanidine groups is 1. The zero-order valence-electron chi connectivity index (χ0n) is 14.2. The van der Waals surface area contributed by atoms with Crippen molar-refractivity contribution in [1.29, 1.82) is 0 Å². The molecule has 1 saturated heterocycles. The number of aryl methyl sites for hydroxylation is 1. The van der Waals surface area contributed by atoms with Crippen LogP contribution in [-0.2, 0) is 18.3 Å². The number of nitrogens with zero attached hydrogens (tertiary/aromatic N) is 3. The summed E-state index contributed by atoms with van der Waals surface area (Å²) in [6.45, 7) is 2.98. The molecule has 7 heteroatoms. The fourth-order valence-electron chi connectivity index (χ4n) is 2.89. The molecule has 1 aromatic heterocycles.